The van der Waals surface area contributed by atoms with Gasteiger partial charge >= 0.3 is 0 Å². The van der Waals surface area contributed by atoms with E-state index in [-0.39, 0.29) is 58.8 Å². The Balaban J connectivity index is 1.15. The Morgan fingerprint density at radius 3 is 1.82 bits per heavy atom. The summed E-state index contributed by atoms with van der Waals surface area (Å²) < 4.78 is 80.7. The summed E-state index contributed by atoms with van der Waals surface area (Å²) in [7, 11) is 0. The molecule has 1 nitrogen and oxygen atoms in total. The van der Waals surface area contributed by atoms with Gasteiger partial charge in [0, 0.05) is 37.1 Å². The van der Waals surface area contributed by atoms with Crippen molar-refractivity contribution in [1.29, 1.82) is 0 Å². The molecule has 0 aliphatic heterocycles. The number of hydrogen-bond donors (Lipinski definition) is 0. The summed E-state index contributed by atoms with van der Waals surface area (Å²) in [6.45, 7) is 0. The molecule has 0 amide bonds. The van der Waals surface area contributed by atoms with Gasteiger partial charge < -0.3 is 4.90 Å². The van der Waals surface area contributed by atoms with E-state index in [0.717, 1.165) is 75.5 Å². The number of fused-ring (bicyclic) bond motifs is 14. The Labute approximate surface area is 370 Å². The molecule has 1 heterocycles. The molecule has 0 unspecified atom stereocenters. The van der Waals surface area contributed by atoms with Gasteiger partial charge in [-0.3, -0.25) is 0 Å². The van der Waals surface area contributed by atoms with Gasteiger partial charge in [0.2, 0.25) is 0 Å². The van der Waals surface area contributed by atoms with Gasteiger partial charge in [0.1, 0.15) is 0 Å². The topological polar surface area (TPSA) is 3.24 Å². The van der Waals surface area contributed by atoms with Crippen molar-refractivity contribution in [2.45, 2.75) is 5.41 Å². The average Bonchev–Trinajstić information content (AvgIpc) is 4.01. The van der Waals surface area contributed by atoms with E-state index in [1.165, 1.54) is 4.90 Å². The van der Waals surface area contributed by atoms with E-state index in [9.17, 15) is 11.0 Å². The Morgan fingerprint density at radius 2 is 1.02 bits per heavy atom. The van der Waals surface area contributed by atoms with Crippen molar-refractivity contribution in [3.63, 3.8) is 0 Å². The van der Waals surface area contributed by atoms with Gasteiger partial charge in [-0.05, 0) is 120 Å². The van der Waals surface area contributed by atoms with Crippen LogP contribution < -0.4 is 4.90 Å². The maximum atomic E-state index is 10.3. The second kappa shape index (κ2) is 13.2. The fraction of sp³-hybridized carbons (Fsp3) is 0.0169. The molecule has 0 N–H and O–H groups in total. The molecule has 61 heavy (non-hydrogen) atoms. The predicted molar refractivity (Wildman–Crippen MR) is 259 cm³/mol. The van der Waals surface area contributed by atoms with Crippen LogP contribution in [0.25, 0.3) is 75.5 Å². The van der Waals surface area contributed by atoms with E-state index in [2.05, 4.69) is 72.8 Å². The van der Waals surface area contributed by atoms with Crippen LogP contribution in [0.5, 0.6) is 0 Å². The van der Waals surface area contributed by atoms with Crippen LogP contribution in [-0.2, 0) is 5.41 Å². The third-order valence-electron chi connectivity index (χ3n) is 12.6. The quantitative estimate of drug-likeness (QED) is 0.168. The van der Waals surface area contributed by atoms with Gasteiger partial charge in [-0.15, -0.1) is 11.3 Å². The predicted octanol–water partition coefficient (Wildman–Crippen LogP) is 16.4. The molecule has 0 fully saturated rings. The lowest BCUT2D eigenvalue weighted by molar-refractivity contribution is 0.794. The van der Waals surface area contributed by atoms with Gasteiger partial charge in [-0.2, -0.15) is 0 Å². The first-order valence-corrected chi connectivity index (χ1v) is 21.3. The minimum Gasteiger partial charge on any atom is -0.310 e. The van der Waals surface area contributed by atoms with Crippen LogP contribution >= 0.6 is 11.3 Å². The molecular weight excluding hydrogens is 755 g/mol. The van der Waals surface area contributed by atoms with E-state index < -0.39 is 17.5 Å². The van der Waals surface area contributed by atoms with Crippen molar-refractivity contribution in [3.8, 4) is 44.5 Å². The van der Waals surface area contributed by atoms with Crippen LogP contribution in [0.2, 0.25) is 0 Å². The van der Waals surface area contributed by atoms with Crippen LogP contribution in [0.3, 0.4) is 0 Å². The minimum absolute atomic E-state index is 0.124. The first kappa shape index (κ1) is 27.3. The molecule has 13 rings (SSSR count). The molecule has 11 aromatic rings. The number of hydrogen-bond acceptors (Lipinski definition) is 2. The maximum Gasteiger partial charge on any atom is 0.0726 e. The summed E-state index contributed by atoms with van der Waals surface area (Å²) in [4.78, 5) is 1.53. The molecule has 2 aliphatic carbocycles. The van der Waals surface area contributed by atoms with E-state index in [1.54, 1.807) is 11.3 Å². The Kier molecular flexibility index (Phi) is 5.92. The van der Waals surface area contributed by atoms with Crippen LogP contribution in [0.15, 0.2) is 224 Å². The van der Waals surface area contributed by atoms with Crippen molar-refractivity contribution in [1.82, 2.24) is 0 Å². The van der Waals surface area contributed by atoms with Crippen molar-refractivity contribution < 1.29 is 11.0 Å². The van der Waals surface area contributed by atoms with Crippen molar-refractivity contribution >= 4 is 59.3 Å². The zero-order valence-electron chi connectivity index (χ0n) is 40.6. The average molecular weight is 800 g/mol. The zero-order chi connectivity index (χ0) is 47.0. The van der Waals surface area contributed by atoms with Gasteiger partial charge in [0.05, 0.1) is 22.1 Å². The molecular formula is C59H37NS. The maximum absolute atomic E-state index is 10.3. The van der Waals surface area contributed by atoms with E-state index >= 15 is 0 Å². The van der Waals surface area contributed by atoms with E-state index in [0.29, 0.717) is 16.8 Å². The highest BCUT2D eigenvalue weighted by molar-refractivity contribution is 7.25. The third kappa shape index (κ3) is 4.94. The molecule has 0 bridgehead atoms. The Morgan fingerprint density at radius 1 is 0.410 bits per heavy atom. The van der Waals surface area contributed by atoms with Crippen LogP contribution in [-0.4, -0.2) is 0 Å². The molecule has 0 atom stereocenters. The number of thiophene rings is 1. The molecule has 0 radical (unpaired) electrons. The molecule has 2 heteroatoms. The van der Waals surface area contributed by atoms with Crippen LogP contribution in [0, 0.1) is 0 Å². The number of anilines is 3. The lowest BCUT2D eigenvalue weighted by Crippen LogP contribution is -2.26. The molecule has 1 aromatic heterocycles. The second-order valence-electron chi connectivity index (χ2n) is 15.7. The highest BCUT2D eigenvalue weighted by Crippen LogP contribution is 2.64. The Bertz CT molecular complexity index is 3960. The molecule has 2 aliphatic rings. The fourth-order valence-electron chi connectivity index (χ4n) is 10.1. The summed E-state index contributed by atoms with van der Waals surface area (Å²) in [6.07, 6.45) is 0. The summed E-state index contributed by atoms with van der Waals surface area (Å²) >= 11 is 1.65. The SMILES string of the molecule is [2H]c1c([2H])c(-c2ccc3sc4ccccc4c3c2)c([2H])c(N(c2cccc3c2-c2ccccc2C32c3ccccc3-c3ccccc32)c2c([2H])c([2H])c(-c3cccc4ccccc34)c([2H])c2[2H])c1[2H]. The molecule has 284 valence electrons. The van der Waals surface area contributed by atoms with Crippen molar-refractivity contribution in [2.75, 3.05) is 4.90 Å². The van der Waals surface area contributed by atoms with Gasteiger partial charge in [-0.1, -0.05) is 176 Å². The molecule has 1 spiro atoms. The number of benzene rings is 10. The zero-order valence-corrected chi connectivity index (χ0v) is 33.4. The lowest BCUT2D eigenvalue weighted by Gasteiger charge is -2.32. The van der Waals surface area contributed by atoms with Crippen molar-refractivity contribution in [2.24, 2.45) is 0 Å². The van der Waals surface area contributed by atoms with Crippen LogP contribution in [0.4, 0.5) is 17.1 Å². The van der Waals surface area contributed by atoms with Gasteiger partial charge in [0.25, 0.3) is 0 Å². The first-order valence-electron chi connectivity index (χ1n) is 24.4. The Hall–Kier alpha value is -7.52. The van der Waals surface area contributed by atoms with Crippen LogP contribution in [0.1, 0.15) is 33.2 Å². The molecule has 10 aromatic carbocycles. The fourth-order valence-corrected chi connectivity index (χ4v) is 11.2. The molecule has 0 saturated carbocycles. The van der Waals surface area contributed by atoms with Crippen molar-refractivity contribution in [3.05, 3.63) is 247 Å². The smallest absolute Gasteiger partial charge is 0.0726 e. The van der Waals surface area contributed by atoms with Gasteiger partial charge in [0.15, 0.2) is 0 Å². The summed E-state index contributed by atoms with van der Waals surface area (Å²) in [6, 6.07) is 55.3. The lowest BCUT2D eigenvalue weighted by atomic mass is 9.70. The first-order chi connectivity index (χ1) is 33.6. The van der Waals surface area contributed by atoms with E-state index in [1.807, 2.05) is 103 Å². The monoisotopic (exact) mass is 799 g/mol. The second-order valence-corrected chi connectivity index (χ2v) is 16.8. The summed E-state index contributed by atoms with van der Waals surface area (Å²) in [5, 5.41) is 3.63. The highest BCUT2D eigenvalue weighted by Gasteiger charge is 2.52. The highest BCUT2D eigenvalue weighted by atomic mass is 32.1. The summed E-state index contributed by atoms with van der Waals surface area (Å²) in [5.41, 5.74) is 8.60. The number of nitrogens with zero attached hydrogens (tertiary/aromatic N) is 1. The number of rotatable bonds is 5. The van der Waals surface area contributed by atoms with E-state index in [4.69, 9.17) is 0 Å². The summed E-state index contributed by atoms with van der Waals surface area (Å²) in [5.74, 6) is 0. The minimum atomic E-state index is -0.795. The third-order valence-corrected chi connectivity index (χ3v) is 13.8. The van der Waals surface area contributed by atoms with Gasteiger partial charge in [-0.25, -0.2) is 0 Å². The molecule has 0 saturated heterocycles. The largest absolute Gasteiger partial charge is 0.310 e. The normalized spacial score (nSPS) is 14.9. The standard InChI is InChI=1S/C59H37NS/c1-2-18-44-38(14-1)15-12-23-45(44)39-30-33-42(34-31-39)60(43-17-11-16-40(36-43)41-32-35-57-50(37-41)48-21-6-10-29-56(48)61-57)55-28-13-27-54-58(55)49-22-5-9-26-53(49)59(54)51-24-7-3-19-46(51)47-20-4-8-25-52(47)59/h1-37H/i11D,16D,17D,30D,31D,33D,34D,36D.